The van der Waals surface area contributed by atoms with Crippen LogP contribution in [0.3, 0.4) is 0 Å². The lowest BCUT2D eigenvalue weighted by molar-refractivity contribution is -0.137. The largest absolute Gasteiger partial charge is 0.478 e. The Labute approximate surface area is 107 Å². The normalized spacial score (nSPS) is 16.6. The van der Waals surface area contributed by atoms with E-state index in [1.54, 1.807) is 0 Å². The number of benzene rings is 1. The highest BCUT2D eigenvalue weighted by molar-refractivity contribution is 5.97. The van der Waals surface area contributed by atoms with Gasteiger partial charge in [-0.05, 0) is 36.2 Å². The van der Waals surface area contributed by atoms with Crippen LogP contribution >= 0.6 is 0 Å². The Kier molecular flexibility index (Phi) is 3.61. The zero-order valence-corrected chi connectivity index (χ0v) is 9.92. The second-order valence-corrected chi connectivity index (χ2v) is 4.27. The molecule has 1 aromatic rings. The summed E-state index contributed by atoms with van der Waals surface area (Å²) in [6, 6.07) is 4.79. The summed E-state index contributed by atoms with van der Waals surface area (Å²) in [5.41, 5.74) is 0.164. The molecule has 2 N–H and O–H groups in total. The molecule has 0 aromatic heterocycles. The van der Waals surface area contributed by atoms with Crippen LogP contribution in [0.2, 0.25) is 0 Å². The van der Waals surface area contributed by atoms with Crippen LogP contribution in [0.25, 0.3) is 5.57 Å². The molecule has 102 valence electrons. The summed E-state index contributed by atoms with van der Waals surface area (Å²) in [7, 11) is 0. The first-order valence-electron chi connectivity index (χ1n) is 5.73. The van der Waals surface area contributed by atoms with Gasteiger partial charge in [0.15, 0.2) is 0 Å². The van der Waals surface area contributed by atoms with E-state index < -0.39 is 17.7 Å². The molecule has 0 saturated carbocycles. The van der Waals surface area contributed by atoms with Crippen molar-refractivity contribution in [3.63, 3.8) is 0 Å². The van der Waals surface area contributed by atoms with Gasteiger partial charge in [-0.2, -0.15) is 13.2 Å². The monoisotopic (exact) mass is 271 g/mol. The van der Waals surface area contributed by atoms with Crippen LogP contribution < -0.4 is 5.32 Å². The van der Waals surface area contributed by atoms with Gasteiger partial charge in [0.25, 0.3) is 0 Å². The van der Waals surface area contributed by atoms with Crippen molar-refractivity contribution in [2.45, 2.75) is 12.6 Å². The molecule has 2 rings (SSSR count). The molecule has 0 saturated heterocycles. The van der Waals surface area contributed by atoms with Crippen molar-refractivity contribution in [3.8, 4) is 0 Å². The van der Waals surface area contributed by atoms with Crippen LogP contribution in [0.5, 0.6) is 0 Å². The van der Waals surface area contributed by atoms with Crippen molar-refractivity contribution in [2.24, 2.45) is 0 Å². The van der Waals surface area contributed by atoms with E-state index in [1.165, 1.54) is 12.1 Å². The average Bonchev–Trinajstić information content (AvgIpc) is 2.38. The van der Waals surface area contributed by atoms with Crippen molar-refractivity contribution >= 4 is 11.5 Å². The molecule has 0 unspecified atom stereocenters. The van der Waals surface area contributed by atoms with E-state index in [4.69, 9.17) is 5.11 Å². The maximum atomic E-state index is 12.6. The molecular weight excluding hydrogens is 259 g/mol. The first-order valence-corrected chi connectivity index (χ1v) is 5.73. The Balaban J connectivity index is 2.48. The van der Waals surface area contributed by atoms with Gasteiger partial charge < -0.3 is 10.4 Å². The zero-order chi connectivity index (χ0) is 14.0. The van der Waals surface area contributed by atoms with Crippen molar-refractivity contribution in [2.75, 3.05) is 13.1 Å². The number of aliphatic carboxylic acids is 1. The number of carbonyl (C=O) groups is 1. The van der Waals surface area contributed by atoms with Crippen LogP contribution in [-0.4, -0.2) is 24.2 Å². The number of nitrogens with one attached hydrogen (secondary N) is 1. The highest BCUT2D eigenvalue weighted by Crippen LogP contribution is 2.32. The highest BCUT2D eigenvalue weighted by atomic mass is 19.4. The number of carboxylic acids is 1. The number of alkyl halides is 3. The summed E-state index contributed by atoms with van der Waals surface area (Å²) in [5.74, 6) is -1.10. The molecule has 0 amide bonds. The lowest BCUT2D eigenvalue weighted by Gasteiger charge is -2.20. The van der Waals surface area contributed by atoms with E-state index in [-0.39, 0.29) is 12.1 Å². The minimum Gasteiger partial charge on any atom is -0.478 e. The molecular formula is C13H12F3NO2. The second-order valence-electron chi connectivity index (χ2n) is 4.27. The SMILES string of the molecule is O=C(O)C1=C(c2cccc(C(F)(F)F)c2)CCNC1. The van der Waals surface area contributed by atoms with E-state index >= 15 is 0 Å². The first kappa shape index (κ1) is 13.6. The van der Waals surface area contributed by atoms with Gasteiger partial charge in [0.2, 0.25) is 0 Å². The highest BCUT2D eigenvalue weighted by Gasteiger charge is 2.31. The molecule has 0 bridgehead atoms. The Morgan fingerprint density at radius 3 is 2.68 bits per heavy atom. The Hall–Kier alpha value is -1.82. The van der Waals surface area contributed by atoms with Gasteiger partial charge in [-0.25, -0.2) is 4.79 Å². The molecule has 0 fully saturated rings. The molecule has 1 aliphatic rings. The predicted molar refractivity (Wildman–Crippen MR) is 63.5 cm³/mol. The quantitative estimate of drug-likeness (QED) is 0.869. The summed E-state index contributed by atoms with van der Waals surface area (Å²) >= 11 is 0. The van der Waals surface area contributed by atoms with Gasteiger partial charge in [0.1, 0.15) is 0 Å². The van der Waals surface area contributed by atoms with Gasteiger partial charge in [-0.15, -0.1) is 0 Å². The molecule has 1 aromatic carbocycles. The van der Waals surface area contributed by atoms with Crippen LogP contribution in [-0.2, 0) is 11.0 Å². The Morgan fingerprint density at radius 1 is 1.32 bits per heavy atom. The van der Waals surface area contributed by atoms with Gasteiger partial charge in [-0.3, -0.25) is 0 Å². The van der Waals surface area contributed by atoms with E-state index in [0.717, 1.165) is 12.1 Å². The summed E-state index contributed by atoms with van der Waals surface area (Å²) in [5, 5.41) is 12.0. The number of halogens is 3. The summed E-state index contributed by atoms with van der Waals surface area (Å²) in [6.45, 7) is 0.725. The smallest absolute Gasteiger partial charge is 0.416 e. The minimum atomic E-state index is -4.42. The van der Waals surface area contributed by atoms with E-state index in [9.17, 15) is 18.0 Å². The second kappa shape index (κ2) is 5.05. The third-order valence-electron chi connectivity index (χ3n) is 3.01. The van der Waals surface area contributed by atoms with Crippen LogP contribution in [0.4, 0.5) is 13.2 Å². The van der Waals surface area contributed by atoms with Gasteiger partial charge in [-0.1, -0.05) is 12.1 Å². The number of carboxylic acid groups (broad SMARTS) is 1. The Bertz CT molecular complexity index is 535. The minimum absolute atomic E-state index is 0.130. The van der Waals surface area contributed by atoms with E-state index in [1.807, 2.05) is 0 Å². The molecule has 0 aliphatic carbocycles. The molecule has 0 radical (unpaired) electrons. The predicted octanol–water partition coefficient (Wildman–Crippen LogP) is 2.54. The molecule has 1 heterocycles. The lowest BCUT2D eigenvalue weighted by atomic mass is 9.93. The third kappa shape index (κ3) is 2.96. The topological polar surface area (TPSA) is 49.3 Å². The van der Waals surface area contributed by atoms with Gasteiger partial charge >= 0.3 is 12.1 Å². The fourth-order valence-electron chi connectivity index (χ4n) is 2.09. The first-order chi connectivity index (χ1) is 8.89. The maximum Gasteiger partial charge on any atom is 0.416 e. The lowest BCUT2D eigenvalue weighted by Crippen LogP contribution is -2.28. The summed E-state index contributed by atoms with van der Waals surface area (Å²) < 4.78 is 37.9. The average molecular weight is 271 g/mol. The fraction of sp³-hybridized carbons (Fsp3) is 0.308. The standard InChI is InChI=1S/C13H12F3NO2/c14-13(15,16)9-3-1-2-8(6-9)10-4-5-17-7-11(10)12(18)19/h1-3,6,17H,4-5,7H2,(H,18,19). The Morgan fingerprint density at radius 2 is 2.05 bits per heavy atom. The van der Waals surface area contributed by atoms with Crippen molar-refractivity contribution < 1.29 is 23.1 Å². The molecule has 6 heteroatoms. The summed E-state index contributed by atoms with van der Waals surface area (Å²) in [6.07, 6.45) is -4.02. The van der Waals surface area contributed by atoms with Crippen LogP contribution in [0, 0.1) is 0 Å². The summed E-state index contributed by atoms with van der Waals surface area (Å²) in [4.78, 5) is 11.1. The van der Waals surface area contributed by atoms with E-state index in [0.29, 0.717) is 24.1 Å². The van der Waals surface area contributed by atoms with Crippen molar-refractivity contribution in [3.05, 3.63) is 41.0 Å². The molecule has 1 aliphatic heterocycles. The fourth-order valence-corrected chi connectivity index (χ4v) is 2.09. The van der Waals surface area contributed by atoms with Crippen LogP contribution in [0.1, 0.15) is 17.5 Å². The number of hydrogen-bond donors (Lipinski definition) is 2. The van der Waals surface area contributed by atoms with Crippen LogP contribution in [0.15, 0.2) is 29.8 Å². The zero-order valence-electron chi connectivity index (χ0n) is 9.92. The van der Waals surface area contributed by atoms with Gasteiger partial charge in [0.05, 0.1) is 11.1 Å². The molecule has 3 nitrogen and oxygen atoms in total. The maximum absolute atomic E-state index is 12.6. The number of hydrogen-bond acceptors (Lipinski definition) is 2. The van der Waals surface area contributed by atoms with Crippen molar-refractivity contribution in [1.29, 1.82) is 0 Å². The third-order valence-corrected chi connectivity index (χ3v) is 3.01. The van der Waals surface area contributed by atoms with Crippen molar-refractivity contribution in [1.82, 2.24) is 5.32 Å². The molecule has 19 heavy (non-hydrogen) atoms. The molecule has 0 spiro atoms. The molecule has 0 atom stereocenters. The van der Waals surface area contributed by atoms with E-state index in [2.05, 4.69) is 5.32 Å². The van der Waals surface area contributed by atoms with Gasteiger partial charge in [0, 0.05) is 6.54 Å². The number of rotatable bonds is 2.